The van der Waals surface area contributed by atoms with Gasteiger partial charge in [0.2, 0.25) is 0 Å². The third-order valence-electron chi connectivity index (χ3n) is 7.25. The van der Waals surface area contributed by atoms with Crippen LogP contribution in [-0.2, 0) is 17.8 Å². The highest BCUT2D eigenvalue weighted by Gasteiger charge is 2.34. The quantitative estimate of drug-likeness (QED) is 0.506. The summed E-state index contributed by atoms with van der Waals surface area (Å²) >= 11 is 3.79. The van der Waals surface area contributed by atoms with E-state index in [-0.39, 0.29) is 5.97 Å². The molecule has 0 N–H and O–H groups in total. The highest BCUT2D eigenvalue weighted by molar-refractivity contribution is 9.10. The highest BCUT2D eigenvalue weighted by Crippen LogP contribution is 2.45. The van der Waals surface area contributed by atoms with Crippen molar-refractivity contribution in [2.24, 2.45) is 0 Å². The van der Waals surface area contributed by atoms with Gasteiger partial charge in [-0.1, -0.05) is 19.3 Å². The van der Waals surface area contributed by atoms with Crippen molar-refractivity contribution in [1.82, 2.24) is 14.4 Å². The van der Waals surface area contributed by atoms with E-state index in [4.69, 9.17) is 9.47 Å². The van der Waals surface area contributed by atoms with E-state index in [2.05, 4.69) is 43.4 Å². The van der Waals surface area contributed by atoms with Crippen molar-refractivity contribution in [2.75, 3.05) is 33.5 Å². The van der Waals surface area contributed by atoms with E-state index in [9.17, 15) is 4.79 Å². The molecule has 0 unspecified atom stereocenters. The summed E-state index contributed by atoms with van der Waals surface area (Å²) in [7, 11) is 2.06. The fraction of sp³-hybridized carbons (Fsp3) is 0.640. The summed E-state index contributed by atoms with van der Waals surface area (Å²) < 4.78 is 15.2. The number of fused-ring (bicyclic) bond motifs is 3. The van der Waals surface area contributed by atoms with Gasteiger partial charge in [0, 0.05) is 35.8 Å². The van der Waals surface area contributed by atoms with Gasteiger partial charge in [0.1, 0.15) is 12.5 Å². The van der Waals surface area contributed by atoms with Gasteiger partial charge >= 0.3 is 5.97 Å². The highest BCUT2D eigenvalue weighted by atomic mass is 79.9. The first-order valence-electron chi connectivity index (χ1n) is 12.2. The minimum absolute atomic E-state index is 0.195. The fourth-order valence-corrected chi connectivity index (χ4v) is 6.40. The van der Waals surface area contributed by atoms with Crippen molar-refractivity contribution in [3.05, 3.63) is 27.4 Å². The van der Waals surface area contributed by atoms with Crippen molar-refractivity contribution in [3.8, 4) is 5.75 Å². The lowest BCUT2D eigenvalue weighted by atomic mass is 9.95. The Morgan fingerprint density at radius 1 is 1.19 bits per heavy atom. The van der Waals surface area contributed by atoms with Gasteiger partial charge in [-0.25, -0.2) is 4.79 Å². The number of hydrogen-bond acceptors (Lipinski definition) is 5. The summed E-state index contributed by atoms with van der Waals surface area (Å²) in [4.78, 5) is 18.1. The Labute approximate surface area is 198 Å². The third kappa shape index (κ3) is 3.97. The van der Waals surface area contributed by atoms with E-state index < -0.39 is 0 Å². The lowest BCUT2D eigenvalue weighted by molar-refractivity contribution is 0.0525. The molecule has 6 nitrogen and oxygen atoms in total. The average molecular weight is 504 g/mol. The molecule has 1 aromatic heterocycles. The number of ether oxygens (including phenoxy) is 2. The zero-order chi connectivity index (χ0) is 22.2. The molecule has 3 aliphatic rings. The molecule has 0 amide bonds. The number of carbonyl (C=O) groups excluding carboxylic acids is 1. The van der Waals surface area contributed by atoms with Crippen LogP contribution in [0.2, 0.25) is 0 Å². The molecule has 0 spiro atoms. The molecule has 2 aromatic rings. The maximum absolute atomic E-state index is 13.5. The third-order valence-corrected chi connectivity index (χ3v) is 7.84. The van der Waals surface area contributed by atoms with Gasteiger partial charge < -0.3 is 14.0 Å². The molecule has 0 bridgehead atoms. The Morgan fingerprint density at radius 3 is 2.66 bits per heavy atom. The summed E-state index contributed by atoms with van der Waals surface area (Å²) in [5.74, 6) is 0.675. The largest absolute Gasteiger partial charge is 0.477 e. The zero-order valence-electron chi connectivity index (χ0n) is 19.3. The van der Waals surface area contributed by atoms with Crippen LogP contribution < -0.4 is 4.74 Å². The monoisotopic (exact) mass is 503 g/mol. The second-order valence-corrected chi connectivity index (χ2v) is 10.4. The average Bonchev–Trinajstić information content (AvgIpc) is 3.40. The summed E-state index contributed by atoms with van der Waals surface area (Å²) in [5, 5.41) is 1.04. The van der Waals surface area contributed by atoms with Crippen molar-refractivity contribution in [3.63, 3.8) is 0 Å². The lowest BCUT2D eigenvalue weighted by Crippen LogP contribution is -2.28. The molecule has 2 fully saturated rings. The molecule has 5 rings (SSSR count). The number of benzene rings is 1. The minimum Gasteiger partial charge on any atom is -0.477 e. The van der Waals surface area contributed by atoms with E-state index in [0.29, 0.717) is 19.4 Å². The number of hydrogen-bond donors (Lipinski definition) is 0. The molecule has 7 heteroatoms. The van der Waals surface area contributed by atoms with Crippen LogP contribution in [0.3, 0.4) is 0 Å². The molecule has 3 heterocycles. The van der Waals surface area contributed by atoms with Gasteiger partial charge in [-0.2, -0.15) is 0 Å². The van der Waals surface area contributed by atoms with Crippen LogP contribution in [0.15, 0.2) is 10.5 Å². The number of rotatable bonds is 5. The molecule has 174 valence electrons. The number of likely N-dealkylation sites (tertiary alicyclic amines) is 1. The predicted octanol–water partition coefficient (Wildman–Crippen LogP) is 5.46. The summed E-state index contributed by atoms with van der Waals surface area (Å²) in [5.41, 5.74) is 4.16. The Hall–Kier alpha value is -1.57. The first-order chi connectivity index (χ1) is 15.6. The molecule has 0 atom stereocenters. The van der Waals surface area contributed by atoms with Gasteiger partial charge in [0.05, 0.1) is 22.2 Å². The van der Waals surface area contributed by atoms with E-state index in [1.807, 2.05) is 6.92 Å². The number of halogens is 1. The van der Waals surface area contributed by atoms with Crippen LogP contribution in [0.4, 0.5) is 0 Å². The van der Waals surface area contributed by atoms with Crippen LogP contribution in [0.5, 0.6) is 5.75 Å². The van der Waals surface area contributed by atoms with Gasteiger partial charge in [-0.05, 0) is 74.7 Å². The lowest BCUT2D eigenvalue weighted by Gasteiger charge is -2.29. The molecular weight excluding hydrogens is 470 g/mol. The topological polar surface area (TPSA) is 46.9 Å². The van der Waals surface area contributed by atoms with Gasteiger partial charge in [0.15, 0.2) is 0 Å². The molecular formula is C25H34BrN3O3. The SMILES string of the molecule is CCOC(=O)c1c(CN2CCCC2)n(C2CCCCC2)c2cc(Br)c3c(c12)CN(C)CO3. The molecule has 0 radical (unpaired) electrons. The summed E-state index contributed by atoms with van der Waals surface area (Å²) in [6.45, 7) is 6.59. The normalized spacial score (nSPS) is 20.5. The molecule has 32 heavy (non-hydrogen) atoms. The van der Waals surface area contributed by atoms with Crippen molar-refractivity contribution < 1.29 is 14.3 Å². The first kappa shape index (κ1) is 22.2. The number of esters is 1. The van der Waals surface area contributed by atoms with Crippen molar-refractivity contribution in [1.29, 1.82) is 0 Å². The van der Waals surface area contributed by atoms with E-state index >= 15 is 0 Å². The van der Waals surface area contributed by atoms with E-state index in [0.717, 1.165) is 64.1 Å². The van der Waals surface area contributed by atoms with Gasteiger partial charge in [0.25, 0.3) is 0 Å². The summed E-state index contributed by atoms with van der Waals surface area (Å²) in [6.07, 6.45) is 8.62. The second-order valence-electron chi connectivity index (χ2n) is 9.54. The molecule has 1 aromatic carbocycles. The fourth-order valence-electron chi connectivity index (χ4n) is 5.83. The number of nitrogens with zero attached hydrogens (tertiary/aromatic N) is 3. The van der Waals surface area contributed by atoms with E-state index in [1.165, 1.54) is 44.9 Å². The standard InChI is InChI=1S/C25H34BrN3O3/c1-3-31-25(30)23-21(15-28-11-7-8-12-28)29(17-9-5-4-6-10-17)20-13-19(26)24-18(22(20)23)14-27(2)16-32-24/h13,17H,3-12,14-16H2,1-2H3. The van der Waals surface area contributed by atoms with Gasteiger partial charge in [-0.15, -0.1) is 0 Å². The smallest absolute Gasteiger partial charge is 0.340 e. The van der Waals surface area contributed by atoms with Crippen LogP contribution in [0, 0.1) is 0 Å². The van der Waals surface area contributed by atoms with Gasteiger partial charge in [-0.3, -0.25) is 9.80 Å². The van der Waals surface area contributed by atoms with Crippen LogP contribution >= 0.6 is 15.9 Å². The van der Waals surface area contributed by atoms with Crippen LogP contribution in [0.1, 0.15) is 79.5 Å². The first-order valence-corrected chi connectivity index (χ1v) is 13.0. The van der Waals surface area contributed by atoms with E-state index in [1.54, 1.807) is 0 Å². The van der Waals surface area contributed by atoms with Crippen molar-refractivity contribution in [2.45, 2.75) is 71.0 Å². The maximum atomic E-state index is 13.5. The number of carbonyl (C=O) groups is 1. The minimum atomic E-state index is -0.195. The Bertz CT molecular complexity index is 1010. The zero-order valence-corrected chi connectivity index (χ0v) is 20.9. The molecule has 2 aliphatic heterocycles. The Balaban J connectivity index is 1.78. The second kappa shape index (κ2) is 9.35. The maximum Gasteiger partial charge on any atom is 0.340 e. The molecule has 1 saturated carbocycles. The predicted molar refractivity (Wildman–Crippen MR) is 129 cm³/mol. The molecule has 1 saturated heterocycles. The Morgan fingerprint density at radius 2 is 1.94 bits per heavy atom. The summed E-state index contributed by atoms with van der Waals surface area (Å²) in [6, 6.07) is 2.61. The van der Waals surface area contributed by atoms with Crippen LogP contribution in [-0.4, -0.2) is 53.8 Å². The Kier molecular flexibility index (Phi) is 6.50. The van der Waals surface area contributed by atoms with Crippen LogP contribution in [0.25, 0.3) is 10.9 Å². The number of aromatic nitrogens is 1. The van der Waals surface area contributed by atoms with Crippen molar-refractivity contribution >= 4 is 32.8 Å². The molecule has 1 aliphatic carbocycles.